The zero-order chi connectivity index (χ0) is 6.99. The lowest BCUT2D eigenvalue weighted by Crippen LogP contribution is -2.18. The SMILES string of the molecule is CCC[SiH3].NC(N)=O. The topological polar surface area (TPSA) is 69.1 Å². The highest BCUT2D eigenvalue weighted by molar-refractivity contribution is 6.08. The van der Waals surface area contributed by atoms with Gasteiger partial charge in [-0.05, 0) is 0 Å². The zero-order valence-electron chi connectivity index (χ0n) is 5.48. The van der Waals surface area contributed by atoms with Crippen molar-refractivity contribution in [3.8, 4) is 0 Å². The van der Waals surface area contributed by atoms with Gasteiger partial charge in [-0.2, -0.15) is 0 Å². The average molecular weight is 134 g/mol. The molecule has 4 heteroatoms. The molecule has 0 aliphatic heterocycles. The van der Waals surface area contributed by atoms with E-state index in [9.17, 15) is 0 Å². The third-order valence-corrected chi connectivity index (χ3v) is 1.50. The van der Waals surface area contributed by atoms with E-state index >= 15 is 0 Å². The van der Waals surface area contributed by atoms with Crippen LogP contribution < -0.4 is 11.5 Å². The van der Waals surface area contributed by atoms with Crippen molar-refractivity contribution >= 4 is 16.3 Å². The van der Waals surface area contributed by atoms with Crippen molar-refractivity contribution in [2.75, 3.05) is 0 Å². The van der Waals surface area contributed by atoms with Gasteiger partial charge in [-0.25, -0.2) is 4.79 Å². The van der Waals surface area contributed by atoms with Crippen molar-refractivity contribution in [3.05, 3.63) is 0 Å². The number of primary amides is 2. The Bertz CT molecular complexity index is 52.0. The van der Waals surface area contributed by atoms with Gasteiger partial charge in [0.25, 0.3) is 0 Å². The quantitative estimate of drug-likeness (QED) is 0.453. The minimum atomic E-state index is -0.833. The van der Waals surface area contributed by atoms with Gasteiger partial charge in [0.2, 0.25) is 0 Å². The maximum Gasteiger partial charge on any atom is 0.309 e. The second-order valence-electron chi connectivity index (χ2n) is 1.40. The summed E-state index contributed by atoms with van der Waals surface area (Å²) in [6.45, 7) is 2.22. The summed E-state index contributed by atoms with van der Waals surface area (Å²) in [5.74, 6) is 0. The number of carbonyl (C=O) groups excluding carboxylic acids is 1. The third-order valence-electron chi connectivity index (χ3n) is 0.500. The van der Waals surface area contributed by atoms with Crippen LogP contribution in [0.4, 0.5) is 4.79 Å². The molecule has 0 radical (unpaired) electrons. The van der Waals surface area contributed by atoms with Gasteiger partial charge >= 0.3 is 6.03 Å². The Kier molecular flexibility index (Phi) is 12.7. The zero-order valence-corrected chi connectivity index (χ0v) is 7.48. The minimum absolute atomic E-state index is 0.833. The molecule has 0 spiro atoms. The number of rotatable bonds is 1. The van der Waals surface area contributed by atoms with E-state index < -0.39 is 6.03 Å². The average Bonchev–Trinajstić information content (AvgIpc) is 1.65. The number of carbonyl (C=O) groups is 1. The van der Waals surface area contributed by atoms with Gasteiger partial charge in [-0.1, -0.05) is 19.4 Å². The second-order valence-corrected chi connectivity index (χ2v) is 2.40. The summed E-state index contributed by atoms with van der Waals surface area (Å²) in [7, 11) is 1.39. The van der Waals surface area contributed by atoms with Gasteiger partial charge in [0.15, 0.2) is 0 Å². The first-order valence-electron chi connectivity index (χ1n) is 2.70. The van der Waals surface area contributed by atoms with Crippen LogP contribution in [0.25, 0.3) is 0 Å². The molecule has 0 fully saturated rings. The molecule has 0 heterocycles. The van der Waals surface area contributed by atoms with Crippen molar-refractivity contribution in [2.45, 2.75) is 19.4 Å². The largest absolute Gasteiger partial charge is 0.352 e. The predicted octanol–water partition coefficient (Wildman–Crippen LogP) is -0.796. The van der Waals surface area contributed by atoms with Crippen LogP contribution in [0.15, 0.2) is 0 Å². The van der Waals surface area contributed by atoms with Crippen molar-refractivity contribution in [1.82, 2.24) is 0 Å². The molecule has 4 N–H and O–H groups in total. The van der Waals surface area contributed by atoms with Crippen LogP contribution in [-0.4, -0.2) is 16.3 Å². The van der Waals surface area contributed by atoms with E-state index in [4.69, 9.17) is 4.79 Å². The second kappa shape index (κ2) is 9.70. The maximum atomic E-state index is 9.00. The van der Waals surface area contributed by atoms with Crippen molar-refractivity contribution < 1.29 is 4.79 Å². The van der Waals surface area contributed by atoms with Gasteiger partial charge in [-0.15, -0.1) is 0 Å². The van der Waals surface area contributed by atoms with Gasteiger partial charge in [0.1, 0.15) is 0 Å². The van der Waals surface area contributed by atoms with E-state index in [1.54, 1.807) is 0 Å². The fraction of sp³-hybridized carbons (Fsp3) is 0.750. The van der Waals surface area contributed by atoms with Crippen LogP contribution in [0.5, 0.6) is 0 Å². The molecule has 0 saturated carbocycles. The summed E-state index contributed by atoms with van der Waals surface area (Å²) in [6.07, 6.45) is 1.38. The molecular formula is C4H14N2OSi. The van der Waals surface area contributed by atoms with E-state index in [-0.39, 0.29) is 0 Å². The van der Waals surface area contributed by atoms with Crippen molar-refractivity contribution in [2.24, 2.45) is 11.5 Å². The fourth-order valence-corrected chi connectivity index (χ4v) is 0. The lowest BCUT2D eigenvalue weighted by atomic mass is 10.6. The number of hydrogen-bond acceptors (Lipinski definition) is 1. The molecule has 50 valence electrons. The molecule has 8 heavy (non-hydrogen) atoms. The number of hydrogen-bond donors (Lipinski definition) is 2. The van der Waals surface area contributed by atoms with Gasteiger partial charge in [-0.3, -0.25) is 0 Å². The van der Waals surface area contributed by atoms with Crippen LogP contribution in [0.3, 0.4) is 0 Å². The lowest BCUT2D eigenvalue weighted by Gasteiger charge is -1.67. The van der Waals surface area contributed by atoms with E-state index in [0.717, 1.165) is 0 Å². The number of amides is 2. The Morgan fingerprint density at radius 2 is 1.75 bits per heavy atom. The number of urea groups is 1. The highest BCUT2D eigenvalue weighted by Crippen LogP contribution is 1.73. The Labute approximate surface area is 52.9 Å². The Morgan fingerprint density at radius 3 is 1.75 bits per heavy atom. The molecule has 0 saturated heterocycles. The number of nitrogens with two attached hydrogens (primary N) is 2. The monoisotopic (exact) mass is 134 g/mol. The molecule has 0 rings (SSSR count). The summed E-state index contributed by atoms with van der Waals surface area (Å²) in [4.78, 5) is 9.00. The summed E-state index contributed by atoms with van der Waals surface area (Å²) in [5, 5.41) is 0. The molecule has 0 aliphatic carbocycles. The summed E-state index contributed by atoms with van der Waals surface area (Å²) < 4.78 is 0. The van der Waals surface area contributed by atoms with Crippen molar-refractivity contribution in [3.63, 3.8) is 0 Å². The van der Waals surface area contributed by atoms with Crippen LogP contribution >= 0.6 is 0 Å². The van der Waals surface area contributed by atoms with Crippen molar-refractivity contribution in [1.29, 1.82) is 0 Å². The van der Waals surface area contributed by atoms with E-state index in [1.165, 1.54) is 22.7 Å². The molecule has 0 bridgehead atoms. The normalized spacial score (nSPS) is 7.12. The van der Waals surface area contributed by atoms with Crippen LogP contribution in [0.1, 0.15) is 13.3 Å². The van der Waals surface area contributed by atoms with Crippen LogP contribution in [-0.2, 0) is 0 Å². The van der Waals surface area contributed by atoms with E-state index in [1.807, 2.05) is 0 Å². The van der Waals surface area contributed by atoms with Crippen LogP contribution in [0.2, 0.25) is 6.04 Å². The Balaban J connectivity index is 0. The predicted molar refractivity (Wildman–Crippen MR) is 38.8 cm³/mol. The molecular weight excluding hydrogens is 120 g/mol. The van der Waals surface area contributed by atoms with E-state index in [2.05, 4.69) is 18.4 Å². The van der Waals surface area contributed by atoms with Crippen LogP contribution in [0, 0.1) is 0 Å². The molecule has 0 atom stereocenters. The molecule has 0 unspecified atom stereocenters. The van der Waals surface area contributed by atoms with Gasteiger partial charge in [0.05, 0.1) is 0 Å². The highest BCUT2D eigenvalue weighted by atomic mass is 28.1. The first kappa shape index (κ1) is 10.5. The summed E-state index contributed by atoms with van der Waals surface area (Å²) >= 11 is 0. The minimum Gasteiger partial charge on any atom is -0.352 e. The third kappa shape index (κ3) is 466. The smallest absolute Gasteiger partial charge is 0.309 e. The fourth-order valence-electron chi connectivity index (χ4n) is 0. The first-order chi connectivity index (χ1) is 3.65. The van der Waals surface area contributed by atoms with Gasteiger partial charge in [0, 0.05) is 10.2 Å². The molecule has 0 aliphatic rings. The Morgan fingerprint density at radius 1 is 1.62 bits per heavy atom. The highest BCUT2D eigenvalue weighted by Gasteiger charge is 1.60. The van der Waals surface area contributed by atoms with E-state index in [0.29, 0.717) is 0 Å². The Hall–Kier alpha value is -0.513. The first-order valence-corrected chi connectivity index (χ1v) is 4.11. The van der Waals surface area contributed by atoms with Gasteiger partial charge < -0.3 is 11.5 Å². The standard InChI is InChI=1S/C3H10Si.CH4N2O/c1-2-3-4;2-1(3)4/h2-3H2,1,4H3;(H4,2,3,4). The molecule has 0 aromatic carbocycles. The summed E-state index contributed by atoms with van der Waals surface area (Å²) in [5.41, 5.74) is 8.50. The molecule has 2 amide bonds. The lowest BCUT2D eigenvalue weighted by molar-refractivity contribution is 0.256. The molecule has 3 nitrogen and oxygen atoms in total. The summed E-state index contributed by atoms with van der Waals surface area (Å²) in [6, 6.07) is 0.625. The molecule has 0 aromatic heterocycles. The maximum absolute atomic E-state index is 9.00. The molecule has 0 aromatic rings.